The molecule has 2 aromatic rings. The number of rotatable bonds is 6. The lowest BCUT2D eigenvalue weighted by molar-refractivity contribution is 0.0948. The summed E-state index contributed by atoms with van der Waals surface area (Å²) in [6, 6.07) is 5.10. The molecule has 0 radical (unpaired) electrons. The molecular formula is C13H17N5O2. The van der Waals surface area contributed by atoms with Crippen LogP contribution >= 0.6 is 0 Å². The molecule has 2 heterocycles. The maximum Gasteiger partial charge on any atom is 0.283 e. The summed E-state index contributed by atoms with van der Waals surface area (Å²) in [6.45, 7) is 3.21. The normalized spacial score (nSPS) is 10.3. The maximum atomic E-state index is 11.4. The van der Waals surface area contributed by atoms with Crippen LogP contribution in [0.2, 0.25) is 0 Å². The monoisotopic (exact) mass is 275 g/mol. The van der Waals surface area contributed by atoms with Gasteiger partial charge in [0.1, 0.15) is 12.3 Å². The van der Waals surface area contributed by atoms with Gasteiger partial charge in [0.25, 0.3) is 5.91 Å². The molecule has 1 amide bonds. The lowest BCUT2D eigenvalue weighted by Crippen LogP contribution is -2.30. The van der Waals surface area contributed by atoms with Crippen LogP contribution in [0, 0.1) is 0 Å². The summed E-state index contributed by atoms with van der Waals surface area (Å²) < 4.78 is 7.40. The van der Waals surface area contributed by atoms with Crippen molar-refractivity contribution in [3.8, 4) is 5.75 Å². The smallest absolute Gasteiger partial charge is 0.283 e. The number of ether oxygens (including phenoxy) is 1. The largest absolute Gasteiger partial charge is 0.484 e. The minimum absolute atomic E-state index is 0.260. The molecule has 0 atom stereocenters. The molecule has 0 aliphatic heterocycles. The van der Waals surface area contributed by atoms with Gasteiger partial charge in [-0.05, 0) is 18.6 Å². The predicted molar refractivity (Wildman–Crippen MR) is 72.7 cm³/mol. The van der Waals surface area contributed by atoms with Crippen LogP contribution in [0.3, 0.4) is 0 Å². The molecule has 0 saturated heterocycles. The van der Waals surface area contributed by atoms with Crippen LogP contribution in [0.4, 0.5) is 0 Å². The third kappa shape index (κ3) is 3.55. The predicted octanol–water partition coefficient (Wildman–Crippen LogP) is 0.871. The Morgan fingerprint density at radius 2 is 2.35 bits per heavy atom. The number of aryl methyl sites for hydroxylation is 1. The Labute approximate surface area is 116 Å². The van der Waals surface area contributed by atoms with Crippen molar-refractivity contribution in [2.24, 2.45) is 5.84 Å². The molecule has 0 bridgehead atoms. The van der Waals surface area contributed by atoms with Crippen LogP contribution in [0.1, 0.15) is 29.5 Å². The molecule has 2 aromatic heterocycles. The van der Waals surface area contributed by atoms with Crippen molar-refractivity contribution in [3.63, 3.8) is 0 Å². The molecule has 7 nitrogen and oxygen atoms in total. The molecule has 0 aliphatic rings. The number of pyridine rings is 1. The van der Waals surface area contributed by atoms with E-state index in [1.165, 1.54) is 0 Å². The van der Waals surface area contributed by atoms with Crippen LogP contribution in [-0.4, -0.2) is 20.7 Å². The summed E-state index contributed by atoms with van der Waals surface area (Å²) >= 11 is 0. The number of hydrazine groups is 1. The van der Waals surface area contributed by atoms with E-state index in [1.54, 1.807) is 24.4 Å². The van der Waals surface area contributed by atoms with Gasteiger partial charge < -0.3 is 4.74 Å². The van der Waals surface area contributed by atoms with Crippen molar-refractivity contribution in [2.75, 3.05) is 0 Å². The number of aromatic nitrogens is 3. The second-order valence-electron chi connectivity index (χ2n) is 4.22. The summed E-state index contributed by atoms with van der Waals surface area (Å²) in [5.74, 6) is 5.32. The maximum absolute atomic E-state index is 11.4. The van der Waals surface area contributed by atoms with Gasteiger partial charge in [0.15, 0.2) is 5.75 Å². The van der Waals surface area contributed by atoms with Crippen molar-refractivity contribution in [1.29, 1.82) is 0 Å². The number of hydrogen-bond acceptors (Lipinski definition) is 5. The number of amides is 1. The van der Waals surface area contributed by atoms with E-state index in [4.69, 9.17) is 10.6 Å². The topological polar surface area (TPSA) is 95.1 Å². The van der Waals surface area contributed by atoms with Crippen LogP contribution < -0.4 is 16.0 Å². The summed E-state index contributed by atoms with van der Waals surface area (Å²) in [6.07, 6.45) is 4.50. The van der Waals surface area contributed by atoms with Crippen LogP contribution in [0.5, 0.6) is 5.75 Å². The number of hydrogen-bond donors (Lipinski definition) is 2. The molecule has 0 fully saturated rings. The molecule has 0 spiro atoms. The highest BCUT2D eigenvalue weighted by molar-refractivity contribution is 5.91. The highest BCUT2D eigenvalue weighted by atomic mass is 16.5. The average Bonchev–Trinajstić information content (AvgIpc) is 2.93. The molecule has 0 unspecified atom stereocenters. The van der Waals surface area contributed by atoms with Crippen molar-refractivity contribution in [3.05, 3.63) is 42.0 Å². The van der Waals surface area contributed by atoms with Gasteiger partial charge in [-0.2, -0.15) is 5.10 Å². The molecule has 0 saturated carbocycles. The summed E-state index contributed by atoms with van der Waals surface area (Å²) in [5.41, 5.74) is 2.95. The second-order valence-corrected chi connectivity index (χ2v) is 4.22. The van der Waals surface area contributed by atoms with E-state index in [0.29, 0.717) is 11.4 Å². The highest BCUT2D eigenvalue weighted by Gasteiger charge is 2.06. The first-order valence-corrected chi connectivity index (χ1v) is 6.35. The Hall–Kier alpha value is -2.41. The lowest BCUT2D eigenvalue weighted by Gasteiger charge is -2.04. The minimum Gasteiger partial charge on any atom is -0.484 e. The fourth-order valence-electron chi connectivity index (χ4n) is 1.69. The van der Waals surface area contributed by atoms with Crippen molar-refractivity contribution >= 4 is 5.91 Å². The van der Waals surface area contributed by atoms with E-state index in [0.717, 1.165) is 13.0 Å². The average molecular weight is 275 g/mol. The minimum atomic E-state index is -0.428. The highest BCUT2D eigenvalue weighted by Crippen LogP contribution is 2.11. The fraction of sp³-hybridized carbons (Fsp3) is 0.308. The van der Waals surface area contributed by atoms with Gasteiger partial charge in [0.2, 0.25) is 0 Å². The Bertz CT molecular complexity index is 582. The van der Waals surface area contributed by atoms with E-state index in [1.807, 2.05) is 16.3 Å². The summed E-state index contributed by atoms with van der Waals surface area (Å²) in [7, 11) is 0. The molecule has 0 aromatic carbocycles. The van der Waals surface area contributed by atoms with Crippen LogP contribution in [-0.2, 0) is 13.2 Å². The van der Waals surface area contributed by atoms with Gasteiger partial charge in [0.05, 0.1) is 18.1 Å². The number of carbonyl (C=O) groups is 1. The quantitative estimate of drug-likeness (QED) is 0.463. The van der Waals surface area contributed by atoms with Gasteiger partial charge in [0, 0.05) is 6.54 Å². The number of nitrogen functional groups attached to an aromatic ring is 1. The van der Waals surface area contributed by atoms with E-state index < -0.39 is 5.91 Å². The number of nitrogens with two attached hydrogens (primary N) is 1. The van der Waals surface area contributed by atoms with Gasteiger partial charge >= 0.3 is 0 Å². The molecule has 106 valence electrons. The Morgan fingerprint density at radius 1 is 1.50 bits per heavy atom. The summed E-state index contributed by atoms with van der Waals surface area (Å²) in [5, 5.41) is 4.17. The second kappa shape index (κ2) is 6.67. The van der Waals surface area contributed by atoms with Crippen LogP contribution in [0.25, 0.3) is 0 Å². The SMILES string of the molecule is CCCn1cc(OCc2cccc(C(=O)NN)n2)cn1. The molecule has 7 heteroatoms. The van der Waals surface area contributed by atoms with Gasteiger partial charge in [-0.1, -0.05) is 13.0 Å². The molecule has 2 rings (SSSR count). The Morgan fingerprint density at radius 3 is 3.10 bits per heavy atom. The number of nitrogens with zero attached hydrogens (tertiary/aromatic N) is 3. The molecule has 20 heavy (non-hydrogen) atoms. The lowest BCUT2D eigenvalue weighted by atomic mass is 10.3. The zero-order valence-corrected chi connectivity index (χ0v) is 11.2. The Kier molecular flexibility index (Phi) is 4.67. The molecule has 0 aliphatic carbocycles. The molecular weight excluding hydrogens is 258 g/mol. The molecule has 3 N–H and O–H groups in total. The Balaban J connectivity index is 1.97. The first kappa shape index (κ1) is 14.0. The van der Waals surface area contributed by atoms with E-state index in [9.17, 15) is 4.79 Å². The first-order valence-electron chi connectivity index (χ1n) is 6.35. The van der Waals surface area contributed by atoms with Crippen LogP contribution in [0.15, 0.2) is 30.6 Å². The standard InChI is InChI=1S/C13H17N5O2/c1-2-6-18-8-11(7-15-18)20-9-10-4-3-5-12(16-10)13(19)17-14/h3-5,7-8H,2,6,9,14H2,1H3,(H,17,19). The van der Waals surface area contributed by atoms with Crippen molar-refractivity contribution in [1.82, 2.24) is 20.2 Å². The van der Waals surface area contributed by atoms with Crippen molar-refractivity contribution in [2.45, 2.75) is 26.5 Å². The van der Waals surface area contributed by atoms with E-state index in [-0.39, 0.29) is 12.3 Å². The third-order valence-corrected chi connectivity index (χ3v) is 2.62. The van der Waals surface area contributed by atoms with Gasteiger partial charge in [-0.15, -0.1) is 0 Å². The number of nitrogens with one attached hydrogen (secondary N) is 1. The fourth-order valence-corrected chi connectivity index (χ4v) is 1.69. The van der Waals surface area contributed by atoms with Gasteiger partial charge in [-0.3, -0.25) is 14.9 Å². The zero-order chi connectivity index (χ0) is 14.4. The third-order valence-electron chi connectivity index (χ3n) is 2.62. The van der Waals surface area contributed by atoms with Gasteiger partial charge in [-0.25, -0.2) is 10.8 Å². The van der Waals surface area contributed by atoms with E-state index >= 15 is 0 Å². The number of carbonyl (C=O) groups excluding carboxylic acids is 1. The van der Waals surface area contributed by atoms with Crippen molar-refractivity contribution < 1.29 is 9.53 Å². The van der Waals surface area contributed by atoms with E-state index in [2.05, 4.69) is 17.0 Å². The zero-order valence-electron chi connectivity index (χ0n) is 11.2. The first-order chi connectivity index (χ1) is 9.72. The summed E-state index contributed by atoms with van der Waals surface area (Å²) in [4.78, 5) is 15.5.